The van der Waals surface area contributed by atoms with Gasteiger partial charge in [-0.05, 0) is 38.3 Å². The molecule has 1 amide bonds. The van der Waals surface area contributed by atoms with E-state index in [4.69, 9.17) is 9.15 Å². The summed E-state index contributed by atoms with van der Waals surface area (Å²) in [6, 6.07) is 4.05. The largest absolute Gasteiger partial charge is 0.465 e. The van der Waals surface area contributed by atoms with Crippen molar-refractivity contribution in [2.45, 2.75) is 44.9 Å². The van der Waals surface area contributed by atoms with Crippen LogP contribution in [0, 0.1) is 12.8 Å². The first-order chi connectivity index (χ1) is 10.7. The predicted molar refractivity (Wildman–Crippen MR) is 81.3 cm³/mol. The van der Waals surface area contributed by atoms with Crippen LogP contribution in [0.4, 0.5) is 0 Å². The van der Waals surface area contributed by atoms with E-state index in [-0.39, 0.29) is 18.1 Å². The van der Waals surface area contributed by atoms with E-state index < -0.39 is 0 Å². The van der Waals surface area contributed by atoms with E-state index in [1.54, 1.807) is 0 Å². The number of morpholine rings is 1. The number of nitrogens with zero attached hydrogens (tertiary/aromatic N) is 2. The molecule has 120 valence electrons. The van der Waals surface area contributed by atoms with Gasteiger partial charge in [0.2, 0.25) is 5.91 Å². The molecule has 3 aliphatic heterocycles. The van der Waals surface area contributed by atoms with Crippen LogP contribution in [0.3, 0.4) is 0 Å². The molecule has 0 spiro atoms. The van der Waals surface area contributed by atoms with Crippen molar-refractivity contribution in [2.75, 3.05) is 26.2 Å². The summed E-state index contributed by atoms with van der Waals surface area (Å²) in [4.78, 5) is 17.1. The first kappa shape index (κ1) is 14.3. The van der Waals surface area contributed by atoms with Crippen molar-refractivity contribution in [3.63, 3.8) is 0 Å². The van der Waals surface area contributed by atoms with Crippen LogP contribution < -0.4 is 0 Å². The maximum absolute atomic E-state index is 12.7. The van der Waals surface area contributed by atoms with Crippen LogP contribution >= 0.6 is 0 Å². The van der Waals surface area contributed by atoms with Crippen molar-refractivity contribution in [3.05, 3.63) is 23.7 Å². The van der Waals surface area contributed by atoms with E-state index in [1.807, 2.05) is 24.0 Å². The topological polar surface area (TPSA) is 45.9 Å². The first-order valence-corrected chi connectivity index (χ1v) is 8.41. The number of amides is 1. The van der Waals surface area contributed by atoms with Crippen molar-refractivity contribution >= 4 is 5.91 Å². The average molecular weight is 304 g/mol. The summed E-state index contributed by atoms with van der Waals surface area (Å²) in [6.45, 7) is 6.39. The molecule has 5 nitrogen and oxygen atoms in total. The summed E-state index contributed by atoms with van der Waals surface area (Å²) in [5, 5.41) is 0. The number of fused-ring (bicyclic) bond motifs is 2. The van der Waals surface area contributed by atoms with Gasteiger partial charge in [0.15, 0.2) is 0 Å². The van der Waals surface area contributed by atoms with Gasteiger partial charge in [-0.2, -0.15) is 0 Å². The number of hydrogen-bond donors (Lipinski definition) is 0. The Hall–Kier alpha value is -1.33. The van der Waals surface area contributed by atoms with Crippen molar-refractivity contribution in [1.82, 2.24) is 9.80 Å². The van der Waals surface area contributed by atoms with Gasteiger partial charge in [0.1, 0.15) is 11.5 Å². The molecule has 0 saturated carbocycles. The lowest BCUT2D eigenvalue weighted by atomic mass is 9.99. The molecule has 3 atom stereocenters. The zero-order chi connectivity index (χ0) is 15.1. The monoisotopic (exact) mass is 304 g/mol. The quantitative estimate of drug-likeness (QED) is 0.854. The number of carbonyl (C=O) groups excluding carboxylic acids is 1. The smallest absolute Gasteiger partial charge is 0.228 e. The van der Waals surface area contributed by atoms with Crippen molar-refractivity contribution in [3.8, 4) is 0 Å². The fourth-order valence-electron chi connectivity index (χ4n) is 4.09. The second kappa shape index (κ2) is 5.70. The number of hydrogen-bond acceptors (Lipinski definition) is 4. The number of likely N-dealkylation sites (tertiary alicyclic amines) is 2. The van der Waals surface area contributed by atoms with Crippen LogP contribution in [0.5, 0.6) is 0 Å². The Bertz CT molecular complexity index is 550. The van der Waals surface area contributed by atoms with E-state index in [0.29, 0.717) is 5.91 Å². The third-order valence-corrected chi connectivity index (χ3v) is 5.14. The van der Waals surface area contributed by atoms with Gasteiger partial charge in [0, 0.05) is 26.2 Å². The number of carbonyl (C=O) groups is 1. The minimum atomic E-state index is 0.0582. The molecule has 4 heterocycles. The maximum atomic E-state index is 12.7. The minimum absolute atomic E-state index is 0.0582. The molecule has 0 aliphatic carbocycles. The number of ether oxygens (including phenoxy) is 1. The molecular formula is C17H24N2O3. The van der Waals surface area contributed by atoms with Crippen LogP contribution in [-0.4, -0.2) is 54.1 Å². The molecule has 1 aromatic heterocycles. The molecule has 0 N–H and O–H groups in total. The Morgan fingerprint density at radius 3 is 2.82 bits per heavy atom. The van der Waals surface area contributed by atoms with Crippen LogP contribution in [0.1, 0.15) is 30.8 Å². The van der Waals surface area contributed by atoms with Crippen molar-refractivity contribution < 1.29 is 13.9 Å². The van der Waals surface area contributed by atoms with Crippen LogP contribution in [0.25, 0.3) is 0 Å². The highest BCUT2D eigenvalue weighted by Gasteiger charge is 2.46. The lowest BCUT2D eigenvalue weighted by Crippen LogP contribution is -2.45. The summed E-state index contributed by atoms with van der Waals surface area (Å²) in [5.74, 6) is 2.33. The van der Waals surface area contributed by atoms with Crippen LogP contribution in [0.2, 0.25) is 0 Å². The molecule has 3 saturated heterocycles. The van der Waals surface area contributed by atoms with Crippen LogP contribution in [0.15, 0.2) is 16.5 Å². The van der Waals surface area contributed by atoms with Gasteiger partial charge in [-0.25, -0.2) is 0 Å². The molecule has 0 aromatic carbocycles. The highest BCUT2D eigenvalue weighted by atomic mass is 16.5. The molecule has 3 fully saturated rings. The van der Waals surface area contributed by atoms with E-state index in [2.05, 4.69) is 4.90 Å². The van der Waals surface area contributed by atoms with E-state index >= 15 is 0 Å². The van der Waals surface area contributed by atoms with Gasteiger partial charge < -0.3 is 14.1 Å². The Morgan fingerprint density at radius 2 is 2.09 bits per heavy atom. The molecule has 22 heavy (non-hydrogen) atoms. The molecule has 3 unspecified atom stereocenters. The standard InChI is InChI=1S/C17H24N2O3/c1-12-4-5-13(21-12)9-18-10-14-8-15(16(11-18)22-14)17(20)19-6-2-3-7-19/h4-5,14-16H,2-3,6-11H2,1H3. The highest BCUT2D eigenvalue weighted by Crippen LogP contribution is 2.34. The molecule has 4 rings (SSSR count). The molecule has 2 bridgehead atoms. The Morgan fingerprint density at radius 1 is 1.27 bits per heavy atom. The summed E-state index contributed by atoms with van der Waals surface area (Å²) in [6.07, 6.45) is 3.44. The van der Waals surface area contributed by atoms with Gasteiger partial charge in [0.05, 0.1) is 24.7 Å². The molecule has 0 radical (unpaired) electrons. The summed E-state index contributed by atoms with van der Waals surface area (Å²) < 4.78 is 11.7. The van der Waals surface area contributed by atoms with Gasteiger partial charge in [-0.15, -0.1) is 0 Å². The zero-order valence-electron chi connectivity index (χ0n) is 13.2. The summed E-state index contributed by atoms with van der Waals surface area (Å²) >= 11 is 0. The van der Waals surface area contributed by atoms with Gasteiger partial charge in [0.25, 0.3) is 0 Å². The van der Waals surface area contributed by atoms with Crippen molar-refractivity contribution in [1.29, 1.82) is 0 Å². The fourth-order valence-corrected chi connectivity index (χ4v) is 4.09. The van der Waals surface area contributed by atoms with Gasteiger partial charge >= 0.3 is 0 Å². The third-order valence-electron chi connectivity index (χ3n) is 5.14. The van der Waals surface area contributed by atoms with Crippen molar-refractivity contribution in [2.24, 2.45) is 5.92 Å². The Labute approximate surface area is 131 Å². The molecule has 5 heteroatoms. The van der Waals surface area contributed by atoms with E-state index in [9.17, 15) is 4.79 Å². The summed E-state index contributed by atoms with van der Waals surface area (Å²) in [5.41, 5.74) is 0. The Balaban J connectivity index is 1.40. The average Bonchev–Trinajstić information content (AvgIpc) is 3.20. The molecule has 3 aliphatic rings. The zero-order valence-corrected chi connectivity index (χ0v) is 13.2. The number of rotatable bonds is 3. The SMILES string of the molecule is Cc1ccc(CN2CC3CC(C(=O)N4CCCC4)C(C2)O3)o1. The number of aryl methyl sites for hydroxylation is 1. The normalized spacial score (nSPS) is 31.9. The first-order valence-electron chi connectivity index (χ1n) is 8.41. The van der Waals surface area contributed by atoms with E-state index in [0.717, 1.165) is 63.5 Å². The van der Waals surface area contributed by atoms with Gasteiger partial charge in [-0.3, -0.25) is 9.69 Å². The van der Waals surface area contributed by atoms with E-state index in [1.165, 1.54) is 0 Å². The fraction of sp³-hybridized carbons (Fsp3) is 0.706. The van der Waals surface area contributed by atoms with Gasteiger partial charge in [-0.1, -0.05) is 0 Å². The molecular weight excluding hydrogens is 280 g/mol. The predicted octanol–water partition coefficient (Wildman–Crippen LogP) is 1.80. The maximum Gasteiger partial charge on any atom is 0.228 e. The second-order valence-electron chi connectivity index (χ2n) is 6.88. The highest BCUT2D eigenvalue weighted by molar-refractivity contribution is 5.80. The lowest BCUT2D eigenvalue weighted by Gasteiger charge is -2.32. The number of furan rings is 1. The third kappa shape index (κ3) is 2.68. The summed E-state index contributed by atoms with van der Waals surface area (Å²) in [7, 11) is 0. The van der Waals surface area contributed by atoms with Crippen LogP contribution in [-0.2, 0) is 16.1 Å². The lowest BCUT2D eigenvalue weighted by molar-refractivity contribution is -0.137. The second-order valence-corrected chi connectivity index (χ2v) is 6.88. The minimum Gasteiger partial charge on any atom is -0.465 e. The molecule has 1 aromatic rings. The Kier molecular flexibility index (Phi) is 3.70.